The molecule has 140 valence electrons. The van der Waals surface area contributed by atoms with Crippen molar-refractivity contribution in [1.82, 2.24) is 0 Å². The Balaban J connectivity index is 1.74. The Labute approximate surface area is 151 Å². The summed E-state index contributed by atoms with van der Waals surface area (Å²) in [4.78, 5) is 0. The van der Waals surface area contributed by atoms with Crippen LogP contribution in [0.2, 0.25) is 0 Å². The molecule has 3 saturated carbocycles. The Morgan fingerprint density at radius 1 is 0.880 bits per heavy atom. The van der Waals surface area contributed by atoms with Crippen LogP contribution in [0.15, 0.2) is 12.1 Å². The lowest BCUT2D eigenvalue weighted by atomic mass is 9.51. The maximum Gasteiger partial charge on any atom is 0.190 e. The SMILES string of the molecule is CCCCCC12CCC(c3cc(F)c(OCCC)c(F)c3)(CC1)CC2. The van der Waals surface area contributed by atoms with Crippen LogP contribution < -0.4 is 4.74 Å². The molecule has 0 aromatic heterocycles. The van der Waals surface area contributed by atoms with Crippen molar-refractivity contribution >= 4 is 0 Å². The number of rotatable bonds is 8. The molecule has 3 aliphatic carbocycles. The molecule has 0 spiro atoms. The molecular formula is C22H32F2O. The van der Waals surface area contributed by atoms with Crippen molar-refractivity contribution in [3.63, 3.8) is 0 Å². The summed E-state index contributed by atoms with van der Waals surface area (Å²) in [6.07, 6.45) is 12.9. The summed E-state index contributed by atoms with van der Waals surface area (Å²) in [5.74, 6) is -1.28. The van der Waals surface area contributed by atoms with E-state index >= 15 is 0 Å². The Morgan fingerprint density at radius 2 is 1.48 bits per heavy atom. The standard InChI is InChI=1S/C22H32F2O/c1-3-5-6-7-21-8-11-22(12-9-21,13-10-21)17-15-18(23)20(19(24)16-17)25-14-4-2/h15-16H,3-14H2,1-2H3. The van der Waals surface area contributed by atoms with Gasteiger partial charge in [0, 0.05) is 0 Å². The van der Waals surface area contributed by atoms with Crippen LogP contribution in [-0.4, -0.2) is 6.61 Å². The lowest BCUT2D eigenvalue weighted by Crippen LogP contribution is -2.44. The Kier molecular flexibility index (Phi) is 5.70. The quantitative estimate of drug-likeness (QED) is 0.462. The zero-order valence-electron chi connectivity index (χ0n) is 15.8. The van der Waals surface area contributed by atoms with Crippen molar-refractivity contribution in [2.75, 3.05) is 6.61 Å². The fourth-order valence-electron chi connectivity index (χ4n) is 5.03. The molecule has 0 unspecified atom stereocenters. The molecule has 4 rings (SSSR count). The minimum atomic E-state index is -0.539. The van der Waals surface area contributed by atoms with Gasteiger partial charge in [-0.1, -0.05) is 33.1 Å². The first kappa shape index (κ1) is 18.7. The first-order valence-corrected chi connectivity index (χ1v) is 10.2. The van der Waals surface area contributed by atoms with Gasteiger partial charge in [0.05, 0.1) is 6.61 Å². The van der Waals surface area contributed by atoms with Crippen LogP contribution in [0.25, 0.3) is 0 Å². The number of unbranched alkanes of at least 4 members (excludes halogenated alkanes) is 2. The molecule has 2 bridgehead atoms. The smallest absolute Gasteiger partial charge is 0.190 e. The second kappa shape index (κ2) is 7.63. The van der Waals surface area contributed by atoms with Gasteiger partial charge in [0.15, 0.2) is 17.4 Å². The Morgan fingerprint density at radius 3 is 2.00 bits per heavy atom. The molecule has 0 heterocycles. The maximum atomic E-state index is 14.4. The van der Waals surface area contributed by atoms with Crippen LogP contribution in [0.1, 0.15) is 90.0 Å². The summed E-state index contributed by atoms with van der Waals surface area (Å²) in [5.41, 5.74) is 1.35. The molecule has 0 saturated heterocycles. The monoisotopic (exact) mass is 350 g/mol. The van der Waals surface area contributed by atoms with Crippen molar-refractivity contribution in [1.29, 1.82) is 0 Å². The lowest BCUT2D eigenvalue weighted by Gasteiger charge is -2.54. The number of hydrogen-bond donors (Lipinski definition) is 0. The number of fused-ring (bicyclic) bond motifs is 3. The molecule has 25 heavy (non-hydrogen) atoms. The topological polar surface area (TPSA) is 9.23 Å². The predicted molar refractivity (Wildman–Crippen MR) is 98.1 cm³/mol. The van der Waals surface area contributed by atoms with Crippen LogP contribution in [0.4, 0.5) is 8.78 Å². The molecule has 3 fully saturated rings. The normalized spacial score (nSPS) is 28.3. The van der Waals surface area contributed by atoms with Gasteiger partial charge in [-0.25, -0.2) is 8.78 Å². The molecule has 0 N–H and O–H groups in total. The highest BCUT2D eigenvalue weighted by Crippen LogP contribution is 2.59. The van der Waals surface area contributed by atoms with E-state index in [1.165, 1.54) is 44.9 Å². The average Bonchev–Trinajstić information content (AvgIpc) is 2.63. The van der Waals surface area contributed by atoms with Crippen LogP contribution in [0.3, 0.4) is 0 Å². The summed E-state index contributed by atoms with van der Waals surface area (Å²) < 4.78 is 34.1. The highest BCUT2D eigenvalue weighted by molar-refractivity contribution is 5.37. The maximum absolute atomic E-state index is 14.4. The van der Waals surface area contributed by atoms with Gasteiger partial charge in [0.25, 0.3) is 0 Å². The van der Waals surface area contributed by atoms with E-state index in [1.54, 1.807) is 12.1 Å². The number of hydrogen-bond acceptors (Lipinski definition) is 1. The van der Waals surface area contributed by atoms with E-state index in [1.807, 2.05) is 6.92 Å². The molecule has 1 aromatic carbocycles. The highest BCUT2D eigenvalue weighted by atomic mass is 19.1. The molecule has 3 aliphatic rings. The summed E-state index contributed by atoms with van der Waals surface area (Å²) in [6.45, 7) is 4.53. The van der Waals surface area contributed by atoms with Gasteiger partial charge in [-0.2, -0.15) is 0 Å². The van der Waals surface area contributed by atoms with Gasteiger partial charge in [0.1, 0.15) is 0 Å². The molecule has 0 aliphatic heterocycles. The van der Waals surface area contributed by atoms with E-state index in [9.17, 15) is 8.78 Å². The second-order valence-electron chi connectivity index (χ2n) is 8.35. The number of ether oxygens (including phenoxy) is 1. The van der Waals surface area contributed by atoms with E-state index in [0.717, 1.165) is 31.2 Å². The van der Waals surface area contributed by atoms with E-state index in [4.69, 9.17) is 4.74 Å². The summed E-state index contributed by atoms with van der Waals surface area (Å²) in [7, 11) is 0. The van der Waals surface area contributed by atoms with Crippen molar-refractivity contribution < 1.29 is 13.5 Å². The van der Waals surface area contributed by atoms with E-state index in [-0.39, 0.29) is 11.2 Å². The Hall–Kier alpha value is -1.12. The van der Waals surface area contributed by atoms with Crippen LogP contribution in [0.5, 0.6) is 5.75 Å². The number of halogens is 2. The number of benzene rings is 1. The van der Waals surface area contributed by atoms with E-state index in [2.05, 4.69) is 6.92 Å². The zero-order chi connectivity index (χ0) is 17.9. The average molecular weight is 350 g/mol. The van der Waals surface area contributed by atoms with Gasteiger partial charge in [-0.3, -0.25) is 0 Å². The third kappa shape index (κ3) is 3.71. The van der Waals surface area contributed by atoms with Gasteiger partial charge >= 0.3 is 0 Å². The van der Waals surface area contributed by atoms with Gasteiger partial charge in [0.2, 0.25) is 0 Å². The van der Waals surface area contributed by atoms with Gasteiger partial charge in [-0.05, 0) is 79.9 Å². The molecule has 0 radical (unpaired) electrons. The minimum absolute atomic E-state index is 0.0164. The first-order valence-electron chi connectivity index (χ1n) is 10.2. The van der Waals surface area contributed by atoms with E-state index in [0.29, 0.717) is 12.0 Å². The summed E-state index contributed by atoms with van der Waals surface area (Å²) in [6, 6.07) is 3.09. The van der Waals surface area contributed by atoms with Crippen LogP contribution in [0, 0.1) is 17.0 Å². The fourth-order valence-corrected chi connectivity index (χ4v) is 5.03. The first-order chi connectivity index (χ1) is 12.0. The Bertz CT molecular complexity index is 548. The van der Waals surface area contributed by atoms with Crippen molar-refractivity contribution in [2.45, 2.75) is 89.9 Å². The zero-order valence-corrected chi connectivity index (χ0v) is 15.8. The molecule has 1 aromatic rings. The van der Waals surface area contributed by atoms with E-state index < -0.39 is 11.6 Å². The van der Waals surface area contributed by atoms with Crippen molar-refractivity contribution in [3.05, 3.63) is 29.3 Å². The summed E-state index contributed by atoms with van der Waals surface area (Å²) >= 11 is 0. The summed E-state index contributed by atoms with van der Waals surface area (Å²) in [5, 5.41) is 0. The molecule has 1 nitrogen and oxygen atoms in total. The second-order valence-corrected chi connectivity index (χ2v) is 8.35. The third-order valence-electron chi connectivity index (χ3n) is 6.77. The largest absolute Gasteiger partial charge is 0.488 e. The van der Waals surface area contributed by atoms with Gasteiger partial charge in [-0.15, -0.1) is 0 Å². The fraction of sp³-hybridized carbons (Fsp3) is 0.727. The van der Waals surface area contributed by atoms with Crippen molar-refractivity contribution in [2.24, 2.45) is 5.41 Å². The van der Waals surface area contributed by atoms with Crippen molar-refractivity contribution in [3.8, 4) is 5.75 Å². The third-order valence-corrected chi connectivity index (χ3v) is 6.77. The molecular weight excluding hydrogens is 318 g/mol. The van der Waals surface area contributed by atoms with Gasteiger partial charge < -0.3 is 4.74 Å². The molecule has 0 atom stereocenters. The lowest BCUT2D eigenvalue weighted by molar-refractivity contribution is 0.0302. The predicted octanol–water partition coefficient (Wildman–Crippen LogP) is 6.93. The minimum Gasteiger partial charge on any atom is -0.488 e. The van der Waals surface area contributed by atoms with Crippen LogP contribution in [-0.2, 0) is 5.41 Å². The molecule has 3 heteroatoms. The highest BCUT2D eigenvalue weighted by Gasteiger charge is 2.49. The van der Waals surface area contributed by atoms with Crippen LogP contribution >= 0.6 is 0 Å². The molecule has 0 amide bonds.